The molecule has 2 amide bonds. The third-order valence-corrected chi connectivity index (χ3v) is 9.34. The molecule has 7 nitrogen and oxygen atoms in total. The molecule has 176 valence electrons. The van der Waals surface area contributed by atoms with Gasteiger partial charge in [0.2, 0.25) is 11.8 Å². The van der Waals surface area contributed by atoms with Crippen molar-refractivity contribution in [2.24, 2.45) is 35.0 Å². The molecular weight excluding hydrogens is 410 g/mol. The highest BCUT2D eigenvalue weighted by molar-refractivity contribution is 6.05. The predicted molar refractivity (Wildman–Crippen MR) is 114 cm³/mol. The summed E-state index contributed by atoms with van der Waals surface area (Å²) in [5.41, 5.74) is -1.02. The molecule has 4 bridgehead atoms. The molecule has 4 unspecified atom stereocenters. The predicted octanol–water partition coefficient (Wildman–Crippen LogP) is 3.24. The maximum absolute atomic E-state index is 13.2. The molecule has 5 aliphatic carbocycles. The highest BCUT2D eigenvalue weighted by Gasteiger charge is 2.63. The zero-order valence-electron chi connectivity index (χ0n) is 19.4. The number of hydrogen-bond donors (Lipinski definition) is 0. The van der Waals surface area contributed by atoms with Crippen molar-refractivity contribution in [1.29, 1.82) is 0 Å². The maximum atomic E-state index is 13.2. The lowest BCUT2D eigenvalue weighted by atomic mass is 9.48. The van der Waals surface area contributed by atoms with Crippen LogP contribution in [0.3, 0.4) is 0 Å². The molecule has 7 heteroatoms. The van der Waals surface area contributed by atoms with E-state index in [0.717, 1.165) is 32.1 Å². The second-order valence-electron chi connectivity index (χ2n) is 11.5. The van der Waals surface area contributed by atoms with Gasteiger partial charge >= 0.3 is 11.9 Å². The molecule has 0 aromatic carbocycles. The molecule has 6 rings (SSSR count). The van der Waals surface area contributed by atoms with Crippen molar-refractivity contribution in [3.63, 3.8) is 0 Å². The quantitative estimate of drug-likeness (QED) is 0.487. The second kappa shape index (κ2) is 7.56. The summed E-state index contributed by atoms with van der Waals surface area (Å²) >= 11 is 0. The summed E-state index contributed by atoms with van der Waals surface area (Å²) in [6.07, 6.45) is 7.71. The monoisotopic (exact) mass is 445 g/mol. The van der Waals surface area contributed by atoms with Gasteiger partial charge in [-0.1, -0.05) is 13.8 Å². The minimum absolute atomic E-state index is 0.0739. The first-order valence-electron chi connectivity index (χ1n) is 12.4. The number of ether oxygens (including phenoxy) is 2. The van der Waals surface area contributed by atoms with Gasteiger partial charge in [0.05, 0.1) is 18.4 Å². The summed E-state index contributed by atoms with van der Waals surface area (Å²) in [5.74, 6) is -0.319. The van der Waals surface area contributed by atoms with Crippen LogP contribution in [0.25, 0.3) is 0 Å². The number of carbonyl (C=O) groups excluding carboxylic acids is 4. The van der Waals surface area contributed by atoms with Crippen molar-refractivity contribution in [3.05, 3.63) is 0 Å². The van der Waals surface area contributed by atoms with Crippen LogP contribution in [0.5, 0.6) is 0 Å². The number of methoxy groups -OCH3 is 1. The Hall–Kier alpha value is -1.92. The Balaban J connectivity index is 1.23. The van der Waals surface area contributed by atoms with Crippen LogP contribution in [0, 0.1) is 35.0 Å². The molecule has 1 aliphatic heterocycles. The number of amides is 2. The molecule has 4 atom stereocenters. The fraction of sp³-hybridized carbons (Fsp3) is 0.840. The molecular formula is C25H35NO6. The van der Waals surface area contributed by atoms with Gasteiger partial charge in [0.15, 0.2) is 0 Å². The molecule has 5 saturated carbocycles. The largest absolute Gasteiger partial charge is 0.469 e. The third-order valence-electron chi connectivity index (χ3n) is 9.34. The fourth-order valence-corrected chi connectivity index (χ4v) is 7.95. The van der Waals surface area contributed by atoms with Gasteiger partial charge in [-0.05, 0) is 69.6 Å². The summed E-state index contributed by atoms with van der Waals surface area (Å²) in [4.78, 5) is 52.4. The maximum Gasteiger partial charge on any atom is 0.311 e. The first-order valence-corrected chi connectivity index (χ1v) is 12.4. The van der Waals surface area contributed by atoms with Crippen molar-refractivity contribution in [2.75, 3.05) is 7.11 Å². The summed E-state index contributed by atoms with van der Waals surface area (Å²) < 4.78 is 11.4. The van der Waals surface area contributed by atoms with Gasteiger partial charge < -0.3 is 9.47 Å². The van der Waals surface area contributed by atoms with Crippen molar-refractivity contribution in [3.8, 4) is 0 Å². The molecule has 0 radical (unpaired) electrons. The van der Waals surface area contributed by atoms with Crippen LogP contribution in [0.1, 0.15) is 78.1 Å². The van der Waals surface area contributed by atoms with Crippen LogP contribution in [0.4, 0.5) is 0 Å². The smallest absolute Gasteiger partial charge is 0.311 e. The van der Waals surface area contributed by atoms with E-state index in [0.29, 0.717) is 43.9 Å². The Labute approximate surface area is 189 Å². The number of rotatable bonds is 4. The average molecular weight is 446 g/mol. The molecule has 1 heterocycles. The van der Waals surface area contributed by atoms with E-state index in [1.165, 1.54) is 12.0 Å². The first-order chi connectivity index (χ1) is 15.2. The van der Waals surface area contributed by atoms with E-state index >= 15 is 0 Å². The van der Waals surface area contributed by atoms with Crippen molar-refractivity contribution < 1.29 is 28.7 Å². The highest BCUT2D eigenvalue weighted by Crippen LogP contribution is 2.63. The Morgan fingerprint density at radius 3 is 2.00 bits per heavy atom. The van der Waals surface area contributed by atoms with Crippen LogP contribution in [0.2, 0.25) is 0 Å². The summed E-state index contributed by atoms with van der Waals surface area (Å²) in [7, 11) is 1.45. The second-order valence-corrected chi connectivity index (χ2v) is 11.5. The molecule has 0 spiro atoms. The fourth-order valence-electron chi connectivity index (χ4n) is 7.95. The van der Waals surface area contributed by atoms with E-state index in [-0.39, 0.29) is 47.5 Å². The number of likely N-dealkylation sites (tertiary alicyclic amines) is 1. The minimum atomic E-state index is -0.530. The molecule has 1 saturated heterocycles. The van der Waals surface area contributed by atoms with Crippen molar-refractivity contribution in [1.82, 2.24) is 4.90 Å². The molecule has 6 aliphatic rings. The molecule has 0 N–H and O–H groups in total. The van der Waals surface area contributed by atoms with E-state index in [1.54, 1.807) is 0 Å². The van der Waals surface area contributed by atoms with E-state index in [1.807, 2.05) is 13.8 Å². The van der Waals surface area contributed by atoms with Gasteiger partial charge in [-0.15, -0.1) is 0 Å². The molecule has 32 heavy (non-hydrogen) atoms. The van der Waals surface area contributed by atoms with Crippen LogP contribution in [-0.4, -0.2) is 47.4 Å². The van der Waals surface area contributed by atoms with Gasteiger partial charge in [0.25, 0.3) is 0 Å². The molecule has 0 aromatic rings. The highest BCUT2D eigenvalue weighted by atomic mass is 16.6. The Bertz CT molecular complexity index is 809. The number of imide groups is 1. The van der Waals surface area contributed by atoms with Crippen molar-refractivity contribution in [2.45, 2.75) is 89.7 Å². The van der Waals surface area contributed by atoms with Crippen LogP contribution < -0.4 is 0 Å². The number of nitrogens with zero attached hydrogens (tertiary/aromatic N) is 1. The molecule has 6 fully saturated rings. The van der Waals surface area contributed by atoms with E-state index < -0.39 is 11.0 Å². The van der Waals surface area contributed by atoms with Gasteiger partial charge in [0.1, 0.15) is 5.60 Å². The SMILES string of the molecule is COC(=O)C12CC3CC(CC(OC(=O)C4CCC(N5C(=O)C(C)C(C)C5=O)CC4)(C3)C1)C2. The zero-order chi connectivity index (χ0) is 22.8. The van der Waals surface area contributed by atoms with E-state index in [4.69, 9.17) is 9.47 Å². The van der Waals surface area contributed by atoms with Gasteiger partial charge in [-0.25, -0.2) is 0 Å². The van der Waals surface area contributed by atoms with Crippen LogP contribution >= 0.6 is 0 Å². The number of hydrogen-bond acceptors (Lipinski definition) is 6. The Kier molecular flexibility index (Phi) is 5.17. The Morgan fingerprint density at radius 1 is 0.906 bits per heavy atom. The lowest BCUT2D eigenvalue weighted by Gasteiger charge is -2.59. The van der Waals surface area contributed by atoms with Gasteiger partial charge in [0, 0.05) is 24.3 Å². The van der Waals surface area contributed by atoms with Gasteiger partial charge in [-0.2, -0.15) is 0 Å². The Morgan fingerprint density at radius 2 is 1.47 bits per heavy atom. The minimum Gasteiger partial charge on any atom is -0.469 e. The molecule has 0 aromatic heterocycles. The number of carbonyl (C=O) groups is 4. The summed E-state index contributed by atoms with van der Waals surface area (Å²) in [5, 5.41) is 0. The standard InChI is InChI=1S/C25H35NO6/c1-14-15(2)21(28)26(20(14)27)19-6-4-18(5-7-19)22(29)32-25-11-16-8-17(12-25)10-24(9-16,13-25)23(30)31-3/h14-19H,4-13H2,1-3H3. The van der Waals surface area contributed by atoms with Crippen LogP contribution in [-0.2, 0) is 28.7 Å². The third kappa shape index (κ3) is 3.29. The zero-order valence-corrected chi connectivity index (χ0v) is 19.4. The van der Waals surface area contributed by atoms with E-state index in [2.05, 4.69) is 0 Å². The number of esters is 2. The van der Waals surface area contributed by atoms with Gasteiger partial charge in [-0.3, -0.25) is 24.1 Å². The normalized spacial score (nSPS) is 45.3. The first kappa shape index (κ1) is 21.9. The van der Waals surface area contributed by atoms with Crippen molar-refractivity contribution >= 4 is 23.8 Å². The topological polar surface area (TPSA) is 90.0 Å². The van der Waals surface area contributed by atoms with Crippen LogP contribution in [0.15, 0.2) is 0 Å². The average Bonchev–Trinajstić information content (AvgIpc) is 2.94. The lowest BCUT2D eigenvalue weighted by molar-refractivity contribution is -0.214. The summed E-state index contributed by atoms with van der Waals surface area (Å²) in [6, 6.07) is -0.103. The summed E-state index contributed by atoms with van der Waals surface area (Å²) in [6.45, 7) is 3.64. The van der Waals surface area contributed by atoms with E-state index in [9.17, 15) is 19.2 Å². The lowest BCUT2D eigenvalue weighted by Crippen LogP contribution is -2.60.